The molecule has 0 saturated heterocycles. The normalized spacial score (nSPS) is 10.8. The van der Waals surface area contributed by atoms with E-state index in [-0.39, 0.29) is 12.4 Å². The molecule has 6 heteroatoms. The van der Waals surface area contributed by atoms with Crippen LogP contribution in [-0.2, 0) is 19.6 Å². The van der Waals surface area contributed by atoms with E-state index in [9.17, 15) is 8.78 Å². The number of halogens is 3. The van der Waals surface area contributed by atoms with Crippen molar-refractivity contribution in [3.8, 4) is 5.75 Å². The van der Waals surface area contributed by atoms with E-state index in [0.29, 0.717) is 6.54 Å². The molecular formula is C14H15BrF2N2O. The molecule has 0 radical (unpaired) electrons. The summed E-state index contributed by atoms with van der Waals surface area (Å²) >= 11 is 3.46. The van der Waals surface area contributed by atoms with E-state index < -0.39 is 11.6 Å². The molecule has 0 saturated carbocycles. The van der Waals surface area contributed by atoms with Gasteiger partial charge in [0.2, 0.25) is 0 Å². The van der Waals surface area contributed by atoms with E-state index in [1.807, 2.05) is 13.8 Å². The first kappa shape index (κ1) is 15.0. The molecule has 0 bridgehead atoms. The standard InChI is InChI=1S/C14H15BrF2N2O/c1-3-11-13(15)12(19(4-2)18-11)8-20-14-9(16)6-5-7-10(14)17/h5-7H,3-4,8H2,1-2H3. The maximum atomic E-state index is 13.5. The molecule has 3 nitrogen and oxygen atoms in total. The fourth-order valence-corrected chi connectivity index (χ4v) is 2.59. The Morgan fingerprint density at radius 2 is 1.90 bits per heavy atom. The topological polar surface area (TPSA) is 27.1 Å². The van der Waals surface area contributed by atoms with Crippen LogP contribution in [0.4, 0.5) is 8.78 Å². The van der Waals surface area contributed by atoms with Crippen LogP contribution in [0, 0.1) is 11.6 Å². The summed E-state index contributed by atoms with van der Waals surface area (Å²) in [6, 6.07) is 3.64. The first-order chi connectivity index (χ1) is 9.58. The third-order valence-corrected chi connectivity index (χ3v) is 3.88. The van der Waals surface area contributed by atoms with Crippen LogP contribution in [0.3, 0.4) is 0 Å². The largest absolute Gasteiger partial charge is 0.481 e. The van der Waals surface area contributed by atoms with E-state index in [1.54, 1.807) is 4.68 Å². The number of rotatable bonds is 5. The van der Waals surface area contributed by atoms with Crippen molar-refractivity contribution in [2.75, 3.05) is 0 Å². The highest BCUT2D eigenvalue weighted by Gasteiger charge is 2.16. The lowest BCUT2D eigenvalue weighted by molar-refractivity contribution is 0.263. The Bertz CT molecular complexity index is 593. The zero-order chi connectivity index (χ0) is 14.7. The maximum absolute atomic E-state index is 13.5. The predicted molar refractivity (Wildman–Crippen MR) is 75.7 cm³/mol. The molecule has 1 aromatic heterocycles. The van der Waals surface area contributed by atoms with Crippen LogP contribution in [0.2, 0.25) is 0 Å². The number of para-hydroxylation sites is 1. The Morgan fingerprint density at radius 3 is 2.45 bits per heavy atom. The van der Waals surface area contributed by atoms with Crippen LogP contribution >= 0.6 is 15.9 Å². The van der Waals surface area contributed by atoms with E-state index >= 15 is 0 Å². The van der Waals surface area contributed by atoms with Gasteiger partial charge in [0.1, 0.15) is 6.61 Å². The van der Waals surface area contributed by atoms with Crippen LogP contribution < -0.4 is 4.74 Å². The Labute approximate surface area is 124 Å². The lowest BCUT2D eigenvalue weighted by Gasteiger charge is -2.09. The molecule has 0 spiro atoms. The second-order valence-corrected chi connectivity index (χ2v) is 5.01. The van der Waals surface area contributed by atoms with Crippen LogP contribution in [0.1, 0.15) is 25.2 Å². The lowest BCUT2D eigenvalue weighted by Crippen LogP contribution is -2.08. The van der Waals surface area contributed by atoms with Crippen LogP contribution in [0.25, 0.3) is 0 Å². The van der Waals surface area contributed by atoms with Crippen LogP contribution in [0.15, 0.2) is 22.7 Å². The molecule has 2 rings (SSSR count). The molecule has 20 heavy (non-hydrogen) atoms. The summed E-state index contributed by atoms with van der Waals surface area (Å²) in [5, 5.41) is 4.41. The van der Waals surface area contributed by atoms with Crippen molar-refractivity contribution in [3.63, 3.8) is 0 Å². The van der Waals surface area contributed by atoms with Crippen molar-refractivity contribution in [2.45, 2.75) is 33.4 Å². The van der Waals surface area contributed by atoms with Crippen LogP contribution in [0.5, 0.6) is 5.75 Å². The molecule has 0 N–H and O–H groups in total. The summed E-state index contributed by atoms with van der Waals surface area (Å²) < 4.78 is 34.9. The van der Waals surface area contributed by atoms with Gasteiger partial charge in [-0.3, -0.25) is 4.68 Å². The number of aromatic nitrogens is 2. The van der Waals surface area contributed by atoms with Gasteiger partial charge in [0, 0.05) is 6.54 Å². The summed E-state index contributed by atoms with van der Waals surface area (Å²) in [4.78, 5) is 0. The minimum Gasteiger partial charge on any atom is -0.481 e. The van der Waals surface area contributed by atoms with Crippen molar-refractivity contribution in [3.05, 3.63) is 45.7 Å². The predicted octanol–water partition coefficient (Wildman–Crippen LogP) is 4.09. The smallest absolute Gasteiger partial charge is 0.191 e. The van der Waals surface area contributed by atoms with Gasteiger partial charge in [-0.15, -0.1) is 0 Å². The fourth-order valence-electron chi connectivity index (χ4n) is 1.92. The molecule has 1 heterocycles. The van der Waals surface area contributed by atoms with Crippen molar-refractivity contribution in [2.24, 2.45) is 0 Å². The van der Waals surface area contributed by atoms with Gasteiger partial charge < -0.3 is 4.74 Å². The average Bonchev–Trinajstić information content (AvgIpc) is 2.74. The minimum absolute atomic E-state index is 0.0548. The van der Waals surface area contributed by atoms with Crippen molar-refractivity contribution in [1.29, 1.82) is 0 Å². The van der Waals surface area contributed by atoms with Crippen molar-refractivity contribution >= 4 is 15.9 Å². The number of hydrogen-bond donors (Lipinski definition) is 0. The number of aryl methyl sites for hydroxylation is 2. The summed E-state index contributed by atoms with van der Waals surface area (Å²) in [5.41, 5.74) is 1.67. The van der Waals surface area contributed by atoms with Crippen LogP contribution in [-0.4, -0.2) is 9.78 Å². The Morgan fingerprint density at radius 1 is 1.25 bits per heavy atom. The lowest BCUT2D eigenvalue weighted by atomic mass is 10.3. The minimum atomic E-state index is -0.709. The highest BCUT2D eigenvalue weighted by molar-refractivity contribution is 9.10. The first-order valence-corrected chi connectivity index (χ1v) is 7.18. The summed E-state index contributed by atoms with van der Waals surface area (Å²) in [7, 11) is 0. The van der Waals surface area contributed by atoms with Gasteiger partial charge >= 0.3 is 0 Å². The third kappa shape index (κ3) is 2.85. The molecule has 0 unspecified atom stereocenters. The SMILES string of the molecule is CCc1nn(CC)c(COc2c(F)cccc2F)c1Br. The Kier molecular flexibility index (Phi) is 4.75. The molecule has 0 aliphatic heterocycles. The molecule has 0 atom stereocenters. The number of ether oxygens (including phenoxy) is 1. The molecule has 2 aromatic rings. The fraction of sp³-hybridized carbons (Fsp3) is 0.357. The van der Waals surface area contributed by atoms with Crippen molar-refractivity contribution < 1.29 is 13.5 Å². The number of nitrogens with zero attached hydrogens (tertiary/aromatic N) is 2. The highest BCUT2D eigenvalue weighted by atomic mass is 79.9. The van der Waals surface area contributed by atoms with Gasteiger partial charge in [0.15, 0.2) is 17.4 Å². The van der Waals surface area contributed by atoms with Gasteiger partial charge in [-0.25, -0.2) is 8.78 Å². The average molecular weight is 345 g/mol. The summed E-state index contributed by atoms with van der Waals surface area (Å²) in [5.74, 6) is -1.78. The van der Waals surface area contributed by atoms with Gasteiger partial charge in [0.05, 0.1) is 15.9 Å². The Balaban J connectivity index is 2.25. The zero-order valence-electron chi connectivity index (χ0n) is 11.3. The van der Waals surface area contributed by atoms with E-state index in [0.717, 1.165) is 22.3 Å². The monoisotopic (exact) mass is 344 g/mol. The quantitative estimate of drug-likeness (QED) is 0.816. The molecule has 1 aromatic carbocycles. The zero-order valence-corrected chi connectivity index (χ0v) is 12.9. The second-order valence-electron chi connectivity index (χ2n) is 4.22. The molecule has 0 amide bonds. The third-order valence-electron chi connectivity index (χ3n) is 2.97. The molecule has 0 aliphatic carbocycles. The Hall–Kier alpha value is -1.43. The van der Waals surface area contributed by atoms with E-state index in [2.05, 4.69) is 21.0 Å². The second kappa shape index (κ2) is 6.35. The van der Waals surface area contributed by atoms with Gasteiger partial charge in [-0.2, -0.15) is 5.10 Å². The summed E-state index contributed by atoms with van der Waals surface area (Å²) in [6.07, 6.45) is 0.772. The molecular weight excluding hydrogens is 330 g/mol. The maximum Gasteiger partial charge on any atom is 0.191 e. The number of hydrogen-bond acceptors (Lipinski definition) is 2. The van der Waals surface area contributed by atoms with E-state index in [1.165, 1.54) is 18.2 Å². The van der Waals surface area contributed by atoms with Gasteiger partial charge in [0.25, 0.3) is 0 Å². The van der Waals surface area contributed by atoms with Gasteiger partial charge in [-0.1, -0.05) is 13.0 Å². The van der Waals surface area contributed by atoms with E-state index in [4.69, 9.17) is 4.74 Å². The van der Waals surface area contributed by atoms with Crippen molar-refractivity contribution in [1.82, 2.24) is 9.78 Å². The number of benzene rings is 1. The first-order valence-electron chi connectivity index (χ1n) is 6.39. The molecule has 108 valence electrons. The molecule has 0 aliphatic rings. The summed E-state index contributed by atoms with van der Waals surface area (Å²) in [6.45, 7) is 4.66. The van der Waals surface area contributed by atoms with Gasteiger partial charge in [-0.05, 0) is 41.4 Å². The highest BCUT2D eigenvalue weighted by Crippen LogP contribution is 2.26. The molecule has 0 fully saturated rings.